The van der Waals surface area contributed by atoms with E-state index in [1.165, 1.54) is 17.4 Å². The Bertz CT molecular complexity index is 675. The monoisotopic (exact) mass is 322 g/mol. The zero-order chi connectivity index (χ0) is 15.5. The van der Waals surface area contributed by atoms with Crippen molar-refractivity contribution in [3.05, 3.63) is 24.0 Å². The summed E-state index contributed by atoms with van der Waals surface area (Å²) in [4.78, 5) is 20.7. The summed E-state index contributed by atoms with van der Waals surface area (Å²) in [6, 6.07) is 4.83. The van der Waals surface area contributed by atoms with Gasteiger partial charge in [0.15, 0.2) is 5.13 Å². The van der Waals surface area contributed by atoms with Crippen molar-refractivity contribution in [1.29, 1.82) is 0 Å². The number of thiazole rings is 1. The van der Waals surface area contributed by atoms with Gasteiger partial charge in [0, 0.05) is 13.1 Å². The van der Waals surface area contributed by atoms with Gasteiger partial charge in [-0.1, -0.05) is 17.4 Å². The highest BCUT2D eigenvalue weighted by Gasteiger charge is 2.16. The molecule has 1 N–H and O–H groups in total. The molecule has 7 heteroatoms. The number of nitrogens with one attached hydrogen (secondary N) is 1. The molecule has 118 valence electrons. The summed E-state index contributed by atoms with van der Waals surface area (Å²) in [5.41, 5.74) is 0.319. The van der Waals surface area contributed by atoms with Crippen molar-refractivity contribution >= 4 is 32.6 Å². The Morgan fingerprint density at radius 1 is 1.36 bits per heavy atom. The Morgan fingerprint density at radius 3 is 3.05 bits per heavy atom. The van der Waals surface area contributed by atoms with Gasteiger partial charge < -0.3 is 10.2 Å². The molecular weight excluding hydrogens is 303 g/mol. The molecule has 0 unspecified atom stereocenters. The quantitative estimate of drug-likeness (QED) is 0.939. The number of para-hydroxylation sites is 1. The lowest BCUT2D eigenvalue weighted by Gasteiger charge is -2.18. The number of benzene rings is 1. The molecule has 1 aromatic heterocycles. The van der Waals surface area contributed by atoms with Gasteiger partial charge in [0.2, 0.25) is 5.91 Å². The maximum atomic E-state index is 13.6. The van der Waals surface area contributed by atoms with Gasteiger partial charge in [0.1, 0.15) is 11.3 Å². The number of nitrogens with zero attached hydrogens (tertiary/aromatic N) is 3. The number of carbonyl (C=O) groups is 1. The van der Waals surface area contributed by atoms with E-state index in [1.54, 1.807) is 12.1 Å². The predicted molar refractivity (Wildman–Crippen MR) is 86.8 cm³/mol. The molecule has 1 aliphatic heterocycles. The summed E-state index contributed by atoms with van der Waals surface area (Å²) in [7, 11) is 2.10. The molecule has 5 nitrogen and oxygen atoms in total. The van der Waals surface area contributed by atoms with E-state index in [4.69, 9.17) is 0 Å². The molecule has 0 saturated carbocycles. The van der Waals surface area contributed by atoms with Crippen LogP contribution in [0.25, 0.3) is 10.2 Å². The van der Waals surface area contributed by atoms with Crippen molar-refractivity contribution in [1.82, 2.24) is 14.8 Å². The van der Waals surface area contributed by atoms with Gasteiger partial charge in [0.25, 0.3) is 0 Å². The summed E-state index contributed by atoms with van der Waals surface area (Å²) >= 11 is 1.30. The van der Waals surface area contributed by atoms with E-state index in [1.807, 2.05) is 0 Å². The number of hydrogen-bond acceptors (Lipinski definition) is 5. The van der Waals surface area contributed by atoms with E-state index in [9.17, 15) is 9.18 Å². The summed E-state index contributed by atoms with van der Waals surface area (Å²) in [5, 5.41) is 3.24. The molecule has 0 bridgehead atoms. The second-order valence-electron chi connectivity index (χ2n) is 5.59. The number of hydrogen-bond donors (Lipinski definition) is 1. The van der Waals surface area contributed by atoms with Gasteiger partial charge in [-0.2, -0.15) is 0 Å². The van der Waals surface area contributed by atoms with E-state index < -0.39 is 0 Å². The average molecular weight is 322 g/mol. The van der Waals surface area contributed by atoms with Gasteiger partial charge in [-0.05, 0) is 38.7 Å². The Kier molecular flexibility index (Phi) is 4.66. The van der Waals surface area contributed by atoms with Crippen LogP contribution in [0.1, 0.15) is 6.42 Å². The van der Waals surface area contributed by atoms with E-state index in [0.29, 0.717) is 17.2 Å². The molecule has 0 aliphatic carbocycles. The molecule has 2 aromatic rings. The first-order valence-electron chi connectivity index (χ1n) is 7.37. The summed E-state index contributed by atoms with van der Waals surface area (Å²) in [6.07, 6.45) is 1.07. The van der Waals surface area contributed by atoms with Crippen LogP contribution in [0.2, 0.25) is 0 Å². The van der Waals surface area contributed by atoms with Gasteiger partial charge in [-0.15, -0.1) is 0 Å². The molecule has 1 aliphatic rings. The van der Waals surface area contributed by atoms with E-state index in [-0.39, 0.29) is 11.7 Å². The van der Waals surface area contributed by atoms with Crippen LogP contribution in [0.4, 0.5) is 9.52 Å². The molecule has 1 saturated heterocycles. The number of carbonyl (C=O) groups excluding carboxylic acids is 1. The van der Waals surface area contributed by atoms with Crippen LogP contribution >= 0.6 is 11.3 Å². The number of rotatable bonds is 3. The summed E-state index contributed by atoms with van der Waals surface area (Å²) < 4.78 is 14.4. The van der Waals surface area contributed by atoms with Crippen molar-refractivity contribution in [3.8, 4) is 0 Å². The molecule has 0 spiro atoms. The van der Waals surface area contributed by atoms with Gasteiger partial charge in [-0.3, -0.25) is 9.69 Å². The lowest BCUT2D eigenvalue weighted by molar-refractivity contribution is -0.117. The van der Waals surface area contributed by atoms with Crippen molar-refractivity contribution < 1.29 is 9.18 Å². The Labute approximate surface area is 132 Å². The average Bonchev–Trinajstić information content (AvgIpc) is 2.77. The van der Waals surface area contributed by atoms with Crippen LogP contribution < -0.4 is 5.32 Å². The second-order valence-corrected chi connectivity index (χ2v) is 6.62. The van der Waals surface area contributed by atoms with E-state index >= 15 is 0 Å². The molecule has 22 heavy (non-hydrogen) atoms. The minimum Gasteiger partial charge on any atom is -0.305 e. The Hall–Kier alpha value is -1.57. The fourth-order valence-corrected chi connectivity index (χ4v) is 3.48. The third-order valence-corrected chi connectivity index (χ3v) is 4.73. The maximum Gasteiger partial charge on any atom is 0.240 e. The highest BCUT2D eigenvalue weighted by Crippen LogP contribution is 2.27. The standard InChI is InChI=1S/C15H19FN4OS/c1-19-6-3-7-20(9-8-19)10-13(21)17-15-18-14-11(16)4-2-5-12(14)22-15/h2,4-5H,3,6-10H2,1H3,(H,17,18,21). The molecule has 3 rings (SSSR count). The van der Waals surface area contributed by atoms with Crippen molar-refractivity contribution in [3.63, 3.8) is 0 Å². The topological polar surface area (TPSA) is 48.5 Å². The van der Waals surface area contributed by atoms with Crippen molar-refractivity contribution in [2.45, 2.75) is 6.42 Å². The first-order valence-corrected chi connectivity index (χ1v) is 8.19. The number of anilines is 1. The molecule has 1 fully saturated rings. The fraction of sp³-hybridized carbons (Fsp3) is 0.467. The van der Waals surface area contributed by atoms with Crippen molar-refractivity contribution in [2.75, 3.05) is 45.1 Å². The minimum absolute atomic E-state index is 0.0935. The van der Waals surface area contributed by atoms with Gasteiger partial charge in [0.05, 0.1) is 11.2 Å². The number of amides is 1. The second kappa shape index (κ2) is 6.68. The SMILES string of the molecule is CN1CCCN(CC(=O)Nc2nc3c(F)cccc3s2)CC1. The molecular formula is C15H19FN4OS. The maximum absolute atomic E-state index is 13.6. The number of halogens is 1. The van der Waals surface area contributed by atoms with Gasteiger partial charge in [-0.25, -0.2) is 9.37 Å². The number of likely N-dealkylation sites (N-methyl/N-ethyl adjacent to an activating group) is 1. The predicted octanol–water partition coefficient (Wildman–Crippen LogP) is 2.01. The van der Waals surface area contributed by atoms with E-state index in [2.05, 4.69) is 27.1 Å². The van der Waals surface area contributed by atoms with Crippen LogP contribution in [0.5, 0.6) is 0 Å². The largest absolute Gasteiger partial charge is 0.305 e. The molecule has 2 heterocycles. The first kappa shape index (κ1) is 15.3. The normalized spacial score (nSPS) is 17.5. The molecule has 1 amide bonds. The third kappa shape index (κ3) is 3.60. The van der Waals surface area contributed by atoms with Gasteiger partial charge >= 0.3 is 0 Å². The van der Waals surface area contributed by atoms with Crippen LogP contribution in [-0.4, -0.2) is 60.5 Å². The summed E-state index contributed by atoms with van der Waals surface area (Å²) in [5.74, 6) is -0.450. The van der Waals surface area contributed by atoms with Crippen LogP contribution in [0.3, 0.4) is 0 Å². The van der Waals surface area contributed by atoms with Crippen LogP contribution in [-0.2, 0) is 4.79 Å². The lowest BCUT2D eigenvalue weighted by Crippen LogP contribution is -2.35. The zero-order valence-electron chi connectivity index (χ0n) is 12.5. The lowest BCUT2D eigenvalue weighted by atomic mass is 10.3. The van der Waals surface area contributed by atoms with Crippen LogP contribution in [0, 0.1) is 5.82 Å². The Balaban J connectivity index is 1.62. The molecule has 0 atom stereocenters. The Morgan fingerprint density at radius 2 is 2.23 bits per heavy atom. The summed E-state index contributed by atoms with van der Waals surface area (Å²) in [6.45, 7) is 4.20. The first-order chi connectivity index (χ1) is 10.6. The molecule has 1 aromatic carbocycles. The fourth-order valence-electron chi connectivity index (χ4n) is 2.59. The van der Waals surface area contributed by atoms with E-state index in [0.717, 1.165) is 37.3 Å². The highest BCUT2D eigenvalue weighted by molar-refractivity contribution is 7.22. The smallest absolute Gasteiger partial charge is 0.240 e. The number of aromatic nitrogens is 1. The number of fused-ring (bicyclic) bond motifs is 1. The third-order valence-electron chi connectivity index (χ3n) is 3.80. The van der Waals surface area contributed by atoms with Crippen LogP contribution in [0.15, 0.2) is 18.2 Å². The minimum atomic E-state index is -0.357. The van der Waals surface area contributed by atoms with Crippen molar-refractivity contribution in [2.24, 2.45) is 0 Å². The molecule has 0 radical (unpaired) electrons. The highest BCUT2D eigenvalue weighted by atomic mass is 32.1. The zero-order valence-corrected chi connectivity index (χ0v) is 13.3.